The molecule has 0 saturated heterocycles. The van der Waals surface area contributed by atoms with Gasteiger partial charge in [-0.2, -0.15) is 0 Å². The molecule has 0 aromatic rings. The van der Waals surface area contributed by atoms with Crippen LogP contribution in [0.2, 0.25) is 0 Å². The van der Waals surface area contributed by atoms with E-state index in [4.69, 9.17) is 5.73 Å². The Labute approximate surface area is 110 Å². The van der Waals surface area contributed by atoms with Crippen LogP contribution in [0.1, 0.15) is 58.8 Å². The van der Waals surface area contributed by atoms with Gasteiger partial charge in [-0.1, -0.05) is 20.3 Å². The summed E-state index contributed by atoms with van der Waals surface area (Å²) >= 11 is 0. The summed E-state index contributed by atoms with van der Waals surface area (Å²) in [5.74, 6) is 0.684. The van der Waals surface area contributed by atoms with Crippen LogP contribution in [-0.4, -0.2) is 29.2 Å². The van der Waals surface area contributed by atoms with E-state index in [-0.39, 0.29) is 18.6 Å². The number of aliphatic hydroxyl groups is 1. The molecule has 0 radical (unpaired) electrons. The molecule has 0 aliphatic heterocycles. The summed E-state index contributed by atoms with van der Waals surface area (Å²) in [7, 11) is 0. The predicted molar refractivity (Wildman–Crippen MR) is 73.1 cm³/mol. The van der Waals surface area contributed by atoms with Crippen LogP contribution in [0, 0.1) is 5.92 Å². The molecule has 1 aliphatic rings. The maximum Gasteiger partial charge on any atom is 0.222 e. The Morgan fingerprint density at radius 3 is 2.61 bits per heavy atom. The summed E-state index contributed by atoms with van der Waals surface area (Å²) in [5.41, 5.74) is 5.48. The molecule has 1 fully saturated rings. The third-order valence-electron chi connectivity index (χ3n) is 4.05. The zero-order chi connectivity index (χ0) is 13.6. The molecule has 1 unspecified atom stereocenters. The first kappa shape index (κ1) is 15.4. The number of amides is 1. The molecule has 0 aromatic carbocycles. The molecule has 1 atom stereocenters. The number of carbonyl (C=O) groups excluding carboxylic acids is 1. The molecule has 0 heterocycles. The quantitative estimate of drug-likeness (QED) is 0.675. The molecule has 18 heavy (non-hydrogen) atoms. The fraction of sp³-hybridized carbons (Fsp3) is 0.929. The van der Waals surface area contributed by atoms with Crippen molar-refractivity contribution in [3.8, 4) is 0 Å². The number of hydrogen-bond acceptors (Lipinski definition) is 3. The van der Waals surface area contributed by atoms with Crippen molar-refractivity contribution < 1.29 is 9.90 Å². The average molecular weight is 256 g/mol. The second kappa shape index (κ2) is 7.10. The summed E-state index contributed by atoms with van der Waals surface area (Å²) in [5, 5.41) is 12.6. The summed E-state index contributed by atoms with van der Waals surface area (Å²) in [6.45, 7) is 4.32. The molecular weight excluding hydrogens is 228 g/mol. The molecule has 0 aromatic heterocycles. The molecule has 1 saturated carbocycles. The van der Waals surface area contributed by atoms with Gasteiger partial charge < -0.3 is 16.2 Å². The third kappa shape index (κ3) is 4.58. The first-order valence-electron chi connectivity index (χ1n) is 7.19. The number of hydrogen-bond donors (Lipinski definition) is 3. The topological polar surface area (TPSA) is 75.4 Å². The number of aliphatic hydroxyl groups excluding tert-OH is 1. The minimum absolute atomic E-state index is 0.0143. The normalized spacial score (nSPS) is 29.9. The SMILES string of the molecule is CCCC(N)CC(=O)NC1(CO)CCC(C)CC1. The van der Waals surface area contributed by atoms with Crippen LogP contribution in [0.5, 0.6) is 0 Å². The monoisotopic (exact) mass is 256 g/mol. The zero-order valence-electron chi connectivity index (χ0n) is 11.7. The van der Waals surface area contributed by atoms with E-state index in [1.165, 1.54) is 0 Å². The maximum atomic E-state index is 11.9. The number of nitrogens with one attached hydrogen (secondary N) is 1. The van der Waals surface area contributed by atoms with Gasteiger partial charge in [-0.3, -0.25) is 4.79 Å². The summed E-state index contributed by atoms with van der Waals surface area (Å²) in [6, 6.07) is -0.0618. The molecular formula is C14H28N2O2. The van der Waals surface area contributed by atoms with Gasteiger partial charge in [0.1, 0.15) is 0 Å². The molecule has 0 bridgehead atoms. The van der Waals surface area contributed by atoms with Crippen molar-refractivity contribution in [1.29, 1.82) is 0 Å². The third-order valence-corrected chi connectivity index (χ3v) is 4.05. The Bertz CT molecular complexity index is 261. The van der Waals surface area contributed by atoms with Gasteiger partial charge in [-0.05, 0) is 38.0 Å². The maximum absolute atomic E-state index is 11.9. The standard InChI is InChI=1S/C14H28N2O2/c1-3-4-12(15)9-13(18)16-14(10-17)7-5-11(2)6-8-14/h11-12,17H,3-10,15H2,1-2H3,(H,16,18). The second-order valence-electron chi connectivity index (χ2n) is 5.92. The van der Waals surface area contributed by atoms with E-state index in [1.54, 1.807) is 0 Å². The molecule has 1 amide bonds. The molecule has 4 nitrogen and oxygen atoms in total. The van der Waals surface area contributed by atoms with Crippen molar-refractivity contribution in [3.05, 3.63) is 0 Å². The second-order valence-corrected chi connectivity index (χ2v) is 5.92. The number of nitrogens with two attached hydrogens (primary N) is 1. The first-order valence-corrected chi connectivity index (χ1v) is 7.19. The predicted octanol–water partition coefficient (Wildman–Crippen LogP) is 1.56. The fourth-order valence-electron chi connectivity index (χ4n) is 2.70. The molecule has 0 spiro atoms. The van der Waals surface area contributed by atoms with Gasteiger partial charge in [0.2, 0.25) is 5.91 Å². The van der Waals surface area contributed by atoms with E-state index in [0.717, 1.165) is 38.5 Å². The van der Waals surface area contributed by atoms with Crippen molar-refractivity contribution in [1.82, 2.24) is 5.32 Å². The molecule has 4 N–H and O–H groups in total. The molecule has 4 heteroatoms. The van der Waals surface area contributed by atoms with E-state index in [1.807, 2.05) is 0 Å². The lowest BCUT2D eigenvalue weighted by Gasteiger charge is -2.39. The molecule has 1 rings (SSSR count). The number of rotatable bonds is 6. The molecule has 106 valence electrons. The van der Waals surface area contributed by atoms with E-state index in [2.05, 4.69) is 19.2 Å². The Morgan fingerprint density at radius 1 is 1.50 bits per heavy atom. The fourth-order valence-corrected chi connectivity index (χ4v) is 2.70. The highest BCUT2D eigenvalue weighted by Gasteiger charge is 2.35. The highest BCUT2D eigenvalue weighted by Crippen LogP contribution is 2.31. The summed E-state index contributed by atoms with van der Waals surface area (Å²) in [6.07, 6.45) is 6.13. The Hall–Kier alpha value is -0.610. The van der Waals surface area contributed by atoms with E-state index < -0.39 is 5.54 Å². The van der Waals surface area contributed by atoms with Gasteiger partial charge >= 0.3 is 0 Å². The van der Waals surface area contributed by atoms with Crippen molar-refractivity contribution in [3.63, 3.8) is 0 Å². The highest BCUT2D eigenvalue weighted by atomic mass is 16.3. The lowest BCUT2D eigenvalue weighted by atomic mass is 9.77. The van der Waals surface area contributed by atoms with Crippen LogP contribution in [0.3, 0.4) is 0 Å². The minimum Gasteiger partial charge on any atom is -0.394 e. The van der Waals surface area contributed by atoms with E-state index in [0.29, 0.717) is 12.3 Å². The average Bonchev–Trinajstić information content (AvgIpc) is 2.32. The Balaban J connectivity index is 2.45. The van der Waals surface area contributed by atoms with Gasteiger partial charge in [-0.25, -0.2) is 0 Å². The summed E-state index contributed by atoms with van der Waals surface area (Å²) in [4.78, 5) is 11.9. The lowest BCUT2D eigenvalue weighted by molar-refractivity contribution is -0.124. The van der Waals surface area contributed by atoms with Crippen LogP contribution in [-0.2, 0) is 4.79 Å². The van der Waals surface area contributed by atoms with Crippen LogP contribution in [0.4, 0.5) is 0 Å². The highest BCUT2D eigenvalue weighted by molar-refractivity contribution is 5.77. The minimum atomic E-state index is -0.393. The van der Waals surface area contributed by atoms with Crippen LogP contribution < -0.4 is 11.1 Å². The van der Waals surface area contributed by atoms with E-state index >= 15 is 0 Å². The van der Waals surface area contributed by atoms with Crippen LogP contribution in [0.25, 0.3) is 0 Å². The van der Waals surface area contributed by atoms with Gasteiger partial charge in [-0.15, -0.1) is 0 Å². The van der Waals surface area contributed by atoms with Crippen molar-refractivity contribution in [2.24, 2.45) is 11.7 Å². The van der Waals surface area contributed by atoms with Crippen molar-refractivity contribution in [2.75, 3.05) is 6.61 Å². The molecule has 1 aliphatic carbocycles. The Kier molecular flexibility index (Phi) is 6.09. The Morgan fingerprint density at radius 2 is 2.11 bits per heavy atom. The lowest BCUT2D eigenvalue weighted by Crippen LogP contribution is -2.54. The first-order chi connectivity index (χ1) is 8.51. The zero-order valence-corrected chi connectivity index (χ0v) is 11.7. The largest absolute Gasteiger partial charge is 0.394 e. The smallest absolute Gasteiger partial charge is 0.222 e. The van der Waals surface area contributed by atoms with Crippen molar-refractivity contribution >= 4 is 5.91 Å². The summed E-state index contributed by atoms with van der Waals surface area (Å²) < 4.78 is 0. The van der Waals surface area contributed by atoms with Gasteiger partial charge in [0.05, 0.1) is 12.1 Å². The van der Waals surface area contributed by atoms with Crippen LogP contribution >= 0.6 is 0 Å². The van der Waals surface area contributed by atoms with Gasteiger partial charge in [0.15, 0.2) is 0 Å². The van der Waals surface area contributed by atoms with Crippen molar-refractivity contribution in [2.45, 2.75) is 70.4 Å². The van der Waals surface area contributed by atoms with Gasteiger partial charge in [0, 0.05) is 12.5 Å². The van der Waals surface area contributed by atoms with E-state index in [9.17, 15) is 9.90 Å². The van der Waals surface area contributed by atoms with Gasteiger partial charge in [0.25, 0.3) is 0 Å². The van der Waals surface area contributed by atoms with Crippen LogP contribution in [0.15, 0.2) is 0 Å². The number of carbonyl (C=O) groups is 1.